The van der Waals surface area contributed by atoms with E-state index in [2.05, 4.69) is 22.0 Å². The lowest BCUT2D eigenvalue weighted by Crippen LogP contribution is -2.56. The number of hydrogen-bond donors (Lipinski definition) is 1. The summed E-state index contributed by atoms with van der Waals surface area (Å²) in [5, 5.41) is 3.08. The van der Waals surface area contributed by atoms with Crippen molar-refractivity contribution in [1.82, 2.24) is 20.0 Å². The zero-order chi connectivity index (χ0) is 17.8. The molecular weight excluding hydrogens is 320 g/mol. The molecule has 3 rings (SSSR count). The van der Waals surface area contributed by atoms with Crippen molar-refractivity contribution in [3.8, 4) is 0 Å². The zero-order valence-corrected chi connectivity index (χ0v) is 15.6. The van der Waals surface area contributed by atoms with Crippen LogP contribution in [0.25, 0.3) is 0 Å². The average Bonchev–Trinajstić information content (AvgIpc) is 3.45. The van der Waals surface area contributed by atoms with Gasteiger partial charge in [-0.2, -0.15) is 0 Å². The van der Waals surface area contributed by atoms with E-state index < -0.39 is 0 Å². The van der Waals surface area contributed by atoms with Crippen molar-refractivity contribution in [2.75, 3.05) is 52.4 Å². The van der Waals surface area contributed by atoms with Crippen molar-refractivity contribution in [3.05, 3.63) is 0 Å². The minimum Gasteiger partial charge on any atom is -0.375 e. The highest BCUT2D eigenvalue weighted by Gasteiger charge is 2.31. The molecule has 2 aliphatic heterocycles. The summed E-state index contributed by atoms with van der Waals surface area (Å²) >= 11 is 0. The second-order valence-electron chi connectivity index (χ2n) is 7.51. The van der Waals surface area contributed by atoms with Gasteiger partial charge in [0, 0.05) is 45.3 Å². The molecule has 3 fully saturated rings. The molecule has 3 aliphatic rings. The fourth-order valence-electron chi connectivity index (χ4n) is 3.51. The standard InChI is InChI=1S/C18H32N4O3/c1-3-16-12-22(10-11-25-16)17(23)13-20-6-8-21(9-7-20)14(2)18(24)19-15-4-5-15/h14-16H,3-13H2,1-2H3,(H,19,24). The van der Waals surface area contributed by atoms with Crippen LogP contribution in [-0.4, -0.2) is 97.1 Å². The van der Waals surface area contributed by atoms with Crippen LogP contribution in [0.1, 0.15) is 33.1 Å². The first-order chi connectivity index (χ1) is 12.1. The van der Waals surface area contributed by atoms with Gasteiger partial charge in [-0.05, 0) is 26.2 Å². The van der Waals surface area contributed by atoms with E-state index in [1.165, 1.54) is 0 Å². The second kappa shape index (κ2) is 8.47. The number of amides is 2. The Kier molecular flexibility index (Phi) is 6.30. The van der Waals surface area contributed by atoms with Crippen molar-refractivity contribution in [3.63, 3.8) is 0 Å². The third-order valence-corrected chi connectivity index (χ3v) is 5.56. The average molecular weight is 352 g/mol. The number of hydrogen-bond acceptors (Lipinski definition) is 5. The summed E-state index contributed by atoms with van der Waals surface area (Å²) in [4.78, 5) is 31.1. The molecule has 2 heterocycles. The molecule has 2 saturated heterocycles. The van der Waals surface area contributed by atoms with Crippen LogP contribution in [0.2, 0.25) is 0 Å². The normalized spacial score (nSPS) is 27.1. The van der Waals surface area contributed by atoms with Crippen molar-refractivity contribution in [1.29, 1.82) is 0 Å². The summed E-state index contributed by atoms with van der Waals surface area (Å²) in [7, 11) is 0. The molecule has 0 aromatic carbocycles. The quantitative estimate of drug-likeness (QED) is 0.724. The molecule has 0 aromatic heterocycles. The van der Waals surface area contributed by atoms with Crippen LogP contribution in [0.3, 0.4) is 0 Å². The molecule has 0 radical (unpaired) electrons. The van der Waals surface area contributed by atoms with E-state index in [0.717, 1.165) is 45.4 Å². The number of piperazine rings is 1. The van der Waals surface area contributed by atoms with Gasteiger partial charge in [0.05, 0.1) is 25.3 Å². The van der Waals surface area contributed by atoms with Gasteiger partial charge in [-0.15, -0.1) is 0 Å². The summed E-state index contributed by atoms with van der Waals surface area (Å²) in [5.41, 5.74) is 0. The summed E-state index contributed by atoms with van der Waals surface area (Å²) in [6.07, 6.45) is 3.37. The summed E-state index contributed by atoms with van der Waals surface area (Å²) < 4.78 is 5.64. The Hall–Kier alpha value is -1.18. The minimum absolute atomic E-state index is 0.0805. The molecule has 1 saturated carbocycles. The van der Waals surface area contributed by atoms with E-state index >= 15 is 0 Å². The molecule has 0 bridgehead atoms. The molecule has 2 unspecified atom stereocenters. The van der Waals surface area contributed by atoms with Crippen molar-refractivity contribution in [2.45, 2.75) is 51.3 Å². The Balaban J connectivity index is 1.39. The topological polar surface area (TPSA) is 65.1 Å². The molecule has 1 aliphatic carbocycles. The highest BCUT2D eigenvalue weighted by Crippen LogP contribution is 2.19. The van der Waals surface area contributed by atoms with Gasteiger partial charge >= 0.3 is 0 Å². The van der Waals surface area contributed by atoms with E-state index in [1.54, 1.807) is 0 Å². The molecule has 25 heavy (non-hydrogen) atoms. The lowest BCUT2D eigenvalue weighted by molar-refractivity contribution is -0.141. The molecular formula is C18H32N4O3. The van der Waals surface area contributed by atoms with Crippen LogP contribution in [0, 0.1) is 0 Å². The Morgan fingerprint density at radius 2 is 1.88 bits per heavy atom. The maximum Gasteiger partial charge on any atom is 0.237 e. The fourth-order valence-corrected chi connectivity index (χ4v) is 3.51. The molecule has 0 aromatic rings. The predicted octanol–water partition coefficient (Wildman–Crippen LogP) is -0.0915. The van der Waals surface area contributed by atoms with Gasteiger partial charge in [0.2, 0.25) is 11.8 Å². The number of carbonyl (C=O) groups is 2. The zero-order valence-electron chi connectivity index (χ0n) is 15.6. The maximum absolute atomic E-state index is 12.5. The Labute approximate surface area is 150 Å². The number of rotatable bonds is 6. The summed E-state index contributed by atoms with van der Waals surface area (Å²) in [6.45, 7) is 9.98. The lowest BCUT2D eigenvalue weighted by Gasteiger charge is -2.38. The van der Waals surface area contributed by atoms with Crippen molar-refractivity contribution in [2.24, 2.45) is 0 Å². The van der Waals surface area contributed by atoms with Crippen LogP contribution >= 0.6 is 0 Å². The van der Waals surface area contributed by atoms with Crippen LogP contribution in [0.15, 0.2) is 0 Å². The smallest absolute Gasteiger partial charge is 0.237 e. The third-order valence-electron chi connectivity index (χ3n) is 5.56. The second-order valence-corrected chi connectivity index (χ2v) is 7.51. The van der Waals surface area contributed by atoms with Gasteiger partial charge in [-0.1, -0.05) is 6.92 Å². The molecule has 7 nitrogen and oxygen atoms in total. The monoisotopic (exact) mass is 352 g/mol. The molecule has 1 N–H and O–H groups in total. The largest absolute Gasteiger partial charge is 0.375 e. The highest BCUT2D eigenvalue weighted by atomic mass is 16.5. The van der Waals surface area contributed by atoms with E-state index in [1.807, 2.05) is 11.8 Å². The maximum atomic E-state index is 12.5. The van der Waals surface area contributed by atoms with Crippen molar-refractivity contribution < 1.29 is 14.3 Å². The molecule has 2 atom stereocenters. The summed E-state index contributed by atoms with van der Waals surface area (Å²) in [6, 6.07) is 0.331. The minimum atomic E-state index is -0.0805. The highest BCUT2D eigenvalue weighted by molar-refractivity contribution is 5.82. The van der Waals surface area contributed by atoms with Crippen molar-refractivity contribution >= 4 is 11.8 Å². The van der Waals surface area contributed by atoms with Gasteiger partial charge in [0.25, 0.3) is 0 Å². The van der Waals surface area contributed by atoms with Crippen LogP contribution in [0.4, 0.5) is 0 Å². The summed E-state index contributed by atoms with van der Waals surface area (Å²) in [5.74, 6) is 0.348. The number of nitrogens with zero attached hydrogens (tertiary/aromatic N) is 3. The van der Waals surface area contributed by atoms with Gasteiger partial charge in [0.15, 0.2) is 0 Å². The number of carbonyl (C=O) groups excluding carboxylic acids is 2. The molecule has 142 valence electrons. The number of morpholine rings is 1. The fraction of sp³-hybridized carbons (Fsp3) is 0.889. The van der Waals surface area contributed by atoms with Crippen LogP contribution < -0.4 is 5.32 Å². The lowest BCUT2D eigenvalue weighted by atomic mass is 10.2. The number of nitrogens with one attached hydrogen (secondary N) is 1. The molecule has 0 spiro atoms. The van der Waals surface area contributed by atoms with E-state index in [0.29, 0.717) is 32.3 Å². The first-order valence-corrected chi connectivity index (χ1v) is 9.73. The Morgan fingerprint density at radius 1 is 1.16 bits per heavy atom. The SMILES string of the molecule is CCC1CN(C(=O)CN2CCN(C(C)C(=O)NC3CC3)CC2)CCO1. The number of ether oxygens (including phenoxy) is 1. The van der Waals surface area contributed by atoms with E-state index in [-0.39, 0.29) is 24.0 Å². The van der Waals surface area contributed by atoms with Gasteiger partial charge in [0.1, 0.15) is 0 Å². The van der Waals surface area contributed by atoms with Crippen LogP contribution in [0.5, 0.6) is 0 Å². The van der Waals surface area contributed by atoms with Gasteiger partial charge in [-0.3, -0.25) is 19.4 Å². The van der Waals surface area contributed by atoms with Crippen LogP contribution in [-0.2, 0) is 14.3 Å². The third kappa shape index (κ3) is 5.15. The van der Waals surface area contributed by atoms with Gasteiger partial charge < -0.3 is 15.0 Å². The van der Waals surface area contributed by atoms with E-state index in [9.17, 15) is 9.59 Å². The molecule has 2 amide bonds. The van der Waals surface area contributed by atoms with E-state index in [4.69, 9.17) is 4.74 Å². The first kappa shape index (κ1) is 18.6. The Bertz CT molecular complexity index is 475. The van der Waals surface area contributed by atoms with Gasteiger partial charge in [-0.25, -0.2) is 0 Å². The Morgan fingerprint density at radius 3 is 2.52 bits per heavy atom. The molecule has 7 heteroatoms. The first-order valence-electron chi connectivity index (χ1n) is 9.73. The predicted molar refractivity (Wildman–Crippen MR) is 95.3 cm³/mol.